The summed E-state index contributed by atoms with van der Waals surface area (Å²) in [6, 6.07) is 8.17. The molecule has 1 aliphatic rings. The Bertz CT molecular complexity index is 316. The van der Waals surface area contributed by atoms with Gasteiger partial charge >= 0.3 is 0 Å². The maximum absolute atomic E-state index is 5.73. The second kappa shape index (κ2) is 3.62. The highest BCUT2D eigenvalue weighted by atomic mass is 16.6. The largest absolute Gasteiger partial charge is 0.490 e. The molecule has 76 valence electrons. The molecule has 0 aliphatic carbocycles. The van der Waals surface area contributed by atoms with Gasteiger partial charge < -0.3 is 9.47 Å². The number of epoxide rings is 1. The zero-order valence-corrected chi connectivity index (χ0v) is 8.75. The molecule has 1 aromatic carbocycles. The quantitative estimate of drug-likeness (QED) is 0.683. The Balaban J connectivity index is 2.00. The first-order chi connectivity index (χ1) is 6.73. The van der Waals surface area contributed by atoms with Crippen LogP contribution in [0.3, 0.4) is 0 Å². The van der Waals surface area contributed by atoms with Crippen LogP contribution in [-0.2, 0) is 11.2 Å². The van der Waals surface area contributed by atoms with Gasteiger partial charge in [0.25, 0.3) is 0 Å². The van der Waals surface area contributed by atoms with E-state index in [2.05, 4.69) is 19.9 Å². The molecule has 0 saturated carbocycles. The maximum Gasteiger partial charge on any atom is 0.123 e. The summed E-state index contributed by atoms with van der Waals surface area (Å²) in [7, 11) is 0. The van der Waals surface area contributed by atoms with Gasteiger partial charge in [0.1, 0.15) is 18.0 Å². The van der Waals surface area contributed by atoms with Gasteiger partial charge in [-0.2, -0.15) is 0 Å². The van der Waals surface area contributed by atoms with Crippen molar-refractivity contribution in [2.75, 3.05) is 13.2 Å². The van der Waals surface area contributed by atoms with Gasteiger partial charge in [0, 0.05) is 0 Å². The van der Waals surface area contributed by atoms with Crippen molar-refractivity contribution in [2.24, 2.45) is 0 Å². The third kappa shape index (κ3) is 2.07. The molecule has 2 nitrogen and oxygen atoms in total. The van der Waals surface area contributed by atoms with Crippen molar-refractivity contribution in [3.8, 4) is 5.75 Å². The SMILES string of the molecule is CCc1ccccc1OCC1(C)CO1. The topological polar surface area (TPSA) is 21.8 Å². The fraction of sp³-hybridized carbons (Fsp3) is 0.500. The molecule has 0 radical (unpaired) electrons. The third-order valence-corrected chi connectivity index (χ3v) is 2.52. The lowest BCUT2D eigenvalue weighted by molar-refractivity contribution is 0.201. The molecule has 14 heavy (non-hydrogen) atoms. The van der Waals surface area contributed by atoms with Crippen LogP contribution in [0.5, 0.6) is 5.75 Å². The molecule has 0 aromatic heterocycles. The summed E-state index contributed by atoms with van der Waals surface area (Å²) in [6.07, 6.45) is 1.01. The normalized spacial score (nSPS) is 24.7. The van der Waals surface area contributed by atoms with Gasteiger partial charge in [0.15, 0.2) is 0 Å². The number of hydrogen-bond donors (Lipinski definition) is 0. The average molecular weight is 192 g/mol. The highest BCUT2D eigenvalue weighted by molar-refractivity contribution is 5.33. The Morgan fingerprint density at radius 1 is 1.43 bits per heavy atom. The van der Waals surface area contributed by atoms with Crippen molar-refractivity contribution in [2.45, 2.75) is 25.9 Å². The molecule has 2 heteroatoms. The number of hydrogen-bond acceptors (Lipinski definition) is 2. The third-order valence-electron chi connectivity index (χ3n) is 2.52. The van der Waals surface area contributed by atoms with Gasteiger partial charge in [-0.3, -0.25) is 0 Å². The second-order valence-electron chi connectivity index (χ2n) is 3.99. The standard InChI is InChI=1S/C12H16O2/c1-3-10-6-4-5-7-11(10)13-8-12(2)9-14-12/h4-7H,3,8-9H2,1-2H3. The molecular formula is C12H16O2. The molecule has 0 amide bonds. The van der Waals surface area contributed by atoms with Crippen molar-refractivity contribution < 1.29 is 9.47 Å². The minimum atomic E-state index is -0.0269. The minimum Gasteiger partial charge on any atom is -0.490 e. The lowest BCUT2D eigenvalue weighted by atomic mass is 10.1. The average Bonchev–Trinajstić information content (AvgIpc) is 2.95. The number of aryl methyl sites for hydroxylation is 1. The van der Waals surface area contributed by atoms with Crippen molar-refractivity contribution in [1.29, 1.82) is 0 Å². The lowest BCUT2D eigenvalue weighted by Gasteiger charge is -2.11. The van der Waals surface area contributed by atoms with E-state index >= 15 is 0 Å². The van der Waals surface area contributed by atoms with Gasteiger partial charge in [-0.05, 0) is 25.0 Å². The van der Waals surface area contributed by atoms with Crippen LogP contribution in [0.15, 0.2) is 24.3 Å². The molecule has 1 aromatic rings. The van der Waals surface area contributed by atoms with Gasteiger partial charge in [0.2, 0.25) is 0 Å². The Labute approximate surface area is 84.8 Å². The first kappa shape index (κ1) is 9.53. The van der Waals surface area contributed by atoms with Crippen molar-refractivity contribution in [3.63, 3.8) is 0 Å². The molecule has 1 atom stereocenters. The van der Waals surface area contributed by atoms with Gasteiger partial charge in [-0.15, -0.1) is 0 Å². The summed E-state index contributed by atoms with van der Waals surface area (Å²) >= 11 is 0. The Morgan fingerprint density at radius 2 is 2.14 bits per heavy atom. The summed E-state index contributed by atoms with van der Waals surface area (Å²) in [5.74, 6) is 0.992. The Kier molecular flexibility index (Phi) is 2.46. The Morgan fingerprint density at radius 3 is 2.79 bits per heavy atom. The van der Waals surface area contributed by atoms with Crippen LogP contribution in [0.2, 0.25) is 0 Å². The predicted molar refractivity (Wildman–Crippen MR) is 55.7 cm³/mol. The highest BCUT2D eigenvalue weighted by Crippen LogP contribution is 2.28. The van der Waals surface area contributed by atoms with Crippen molar-refractivity contribution >= 4 is 0 Å². The van der Waals surface area contributed by atoms with E-state index in [-0.39, 0.29) is 5.60 Å². The summed E-state index contributed by atoms with van der Waals surface area (Å²) in [5.41, 5.74) is 1.23. The van der Waals surface area contributed by atoms with Gasteiger partial charge in [0.05, 0.1) is 6.61 Å². The fourth-order valence-corrected chi connectivity index (χ4v) is 1.37. The van der Waals surface area contributed by atoms with Crippen LogP contribution in [0.4, 0.5) is 0 Å². The first-order valence-electron chi connectivity index (χ1n) is 5.08. The van der Waals surface area contributed by atoms with E-state index in [9.17, 15) is 0 Å². The van der Waals surface area contributed by atoms with Crippen molar-refractivity contribution in [1.82, 2.24) is 0 Å². The Hall–Kier alpha value is -1.02. The molecule has 1 aliphatic heterocycles. The molecule has 1 fully saturated rings. The van der Waals surface area contributed by atoms with Crippen LogP contribution in [0.25, 0.3) is 0 Å². The van der Waals surface area contributed by atoms with Crippen LogP contribution in [-0.4, -0.2) is 18.8 Å². The highest BCUT2D eigenvalue weighted by Gasteiger charge is 2.40. The van der Waals surface area contributed by atoms with E-state index in [1.54, 1.807) is 0 Å². The zero-order chi connectivity index (χ0) is 10.0. The van der Waals surface area contributed by atoms with E-state index in [1.807, 2.05) is 18.2 Å². The number of benzene rings is 1. The monoisotopic (exact) mass is 192 g/mol. The lowest BCUT2D eigenvalue weighted by Crippen LogP contribution is -2.17. The summed E-state index contributed by atoms with van der Waals surface area (Å²) in [4.78, 5) is 0. The smallest absolute Gasteiger partial charge is 0.123 e. The van der Waals surface area contributed by atoms with Gasteiger partial charge in [-0.25, -0.2) is 0 Å². The fourth-order valence-electron chi connectivity index (χ4n) is 1.37. The summed E-state index contributed by atoms with van der Waals surface area (Å²) in [6.45, 7) is 5.68. The molecule has 1 unspecified atom stereocenters. The number of rotatable bonds is 4. The summed E-state index contributed by atoms with van der Waals surface area (Å²) < 4.78 is 11.0. The van der Waals surface area contributed by atoms with Gasteiger partial charge in [-0.1, -0.05) is 25.1 Å². The molecule has 2 rings (SSSR count). The van der Waals surface area contributed by atoms with E-state index in [1.165, 1.54) is 5.56 Å². The molecule has 0 spiro atoms. The summed E-state index contributed by atoms with van der Waals surface area (Å²) in [5, 5.41) is 0. The molecule has 1 saturated heterocycles. The molecular weight excluding hydrogens is 176 g/mol. The van der Waals surface area contributed by atoms with E-state index < -0.39 is 0 Å². The molecule has 0 bridgehead atoms. The number of ether oxygens (including phenoxy) is 2. The minimum absolute atomic E-state index is 0.0269. The van der Waals surface area contributed by atoms with Crippen molar-refractivity contribution in [3.05, 3.63) is 29.8 Å². The van der Waals surface area contributed by atoms with Crippen LogP contribution in [0, 0.1) is 0 Å². The molecule has 0 N–H and O–H groups in total. The van der Waals surface area contributed by atoms with Crippen LogP contribution < -0.4 is 4.74 Å². The predicted octanol–water partition coefficient (Wildman–Crippen LogP) is 2.42. The van der Waals surface area contributed by atoms with E-state index in [0.717, 1.165) is 18.8 Å². The molecule has 1 heterocycles. The number of para-hydroxylation sites is 1. The van der Waals surface area contributed by atoms with E-state index in [0.29, 0.717) is 6.61 Å². The second-order valence-corrected chi connectivity index (χ2v) is 3.99. The van der Waals surface area contributed by atoms with E-state index in [4.69, 9.17) is 9.47 Å². The maximum atomic E-state index is 5.73. The first-order valence-corrected chi connectivity index (χ1v) is 5.08. The van der Waals surface area contributed by atoms with Crippen LogP contribution >= 0.6 is 0 Å². The van der Waals surface area contributed by atoms with Crippen LogP contribution in [0.1, 0.15) is 19.4 Å². The zero-order valence-electron chi connectivity index (χ0n) is 8.75.